The van der Waals surface area contributed by atoms with E-state index in [0.29, 0.717) is 11.9 Å². The van der Waals surface area contributed by atoms with E-state index in [2.05, 4.69) is 30.4 Å². The summed E-state index contributed by atoms with van der Waals surface area (Å²) >= 11 is 0. The summed E-state index contributed by atoms with van der Waals surface area (Å²) in [6, 6.07) is 0. The molecule has 14 nitrogen and oxygen atoms in total. The topological polar surface area (TPSA) is 224 Å². The van der Waals surface area contributed by atoms with Crippen LogP contribution in [0.2, 0.25) is 0 Å². The van der Waals surface area contributed by atoms with Crippen LogP contribution in [0.5, 0.6) is 0 Å². The van der Waals surface area contributed by atoms with Gasteiger partial charge in [0.2, 0.25) is 11.6 Å². The molecule has 170 valence electrons. The number of rotatable bonds is 12. The van der Waals surface area contributed by atoms with Gasteiger partial charge in [0.15, 0.2) is 11.6 Å². The van der Waals surface area contributed by atoms with Gasteiger partial charge in [-0.1, -0.05) is 19.8 Å². The van der Waals surface area contributed by atoms with E-state index in [4.69, 9.17) is 22.0 Å². The fourth-order valence-electron chi connectivity index (χ4n) is 2.87. The highest BCUT2D eigenvalue weighted by atomic mass is 16.6. The van der Waals surface area contributed by atoms with Gasteiger partial charge in [-0.25, -0.2) is 29.9 Å². The number of amides is 1. The number of nitrogens with zero attached hydrogens (tertiary/aromatic N) is 5. The molecular formula is C17H28N10O4. The number of hydrazine groups is 1. The molecule has 2 aromatic rings. The number of carbonyl (C=O) groups is 2. The maximum absolute atomic E-state index is 13.0. The molecule has 2 rings (SSSR count). The number of aromatic amines is 1. The van der Waals surface area contributed by atoms with Crippen LogP contribution in [0.15, 0.2) is 17.5 Å². The summed E-state index contributed by atoms with van der Waals surface area (Å²) in [7, 11) is 0. The van der Waals surface area contributed by atoms with E-state index >= 15 is 0 Å². The van der Waals surface area contributed by atoms with Crippen molar-refractivity contribution in [1.29, 1.82) is 0 Å². The molecule has 9 N–H and O–H groups in total. The predicted molar refractivity (Wildman–Crippen MR) is 113 cm³/mol. The molecule has 0 unspecified atom stereocenters. The number of imidazole rings is 1. The quantitative estimate of drug-likeness (QED) is 0.0637. The Morgan fingerprint density at radius 1 is 1.32 bits per heavy atom. The van der Waals surface area contributed by atoms with E-state index in [9.17, 15) is 14.7 Å². The van der Waals surface area contributed by atoms with Crippen molar-refractivity contribution >= 4 is 35.1 Å². The number of H-pyrrole nitrogens is 1. The van der Waals surface area contributed by atoms with Crippen LogP contribution in [0, 0.1) is 0 Å². The molecule has 0 aromatic carbocycles. The van der Waals surface area contributed by atoms with Crippen molar-refractivity contribution in [2.45, 2.75) is 44.7 Å². The Bertz CT molecular complexity index is 913. The van der Waals surface area contributed by atoms with Crippen LogP contribution in [0.4, 0.5) is 10.7 Å². The molecule has 0 aliphatic carbocycles. The number of hydrogen-bond donors (Lipinski definition) is 6. The Balaban J connectivity index is 2.43. The summed E-state index contributed by atoms with van der Waals surface area (Å²) in [6.45, 7) is 2.23. The number of carboxylic acid groups (broad SMARTS) is 1. The molecule has 2 aromatic heterocycles. The second-order valence-electron chi connectivity index (χ2n) is 6.69. The molecule has 14 heteroatoms. The highest BCUT2D eigenvalue weighted by Gasteiger charge is 2.49. The fraction of sp³-hybridized carbons (Fsp3) is 0.529. The molecule has 0 fully saturated rings. The standard InChI is InChI=1S/C17H28N10O4/c1-2-3-4-8-31-16(30)27(15-22-9-11-12(25-15)24-10-23-11)17(26-20,13(28)29)6-5-7-21-14(18)19/h9-10,26H,2-8,20H2,1H3,(H,28,29)(H4,18,19,21)(H,22,23,24,25)/t17-/m0/s1. The minimum absolute atomic E-state index is 0.0993. The predicted octanol–water partition coefficient (Wildman–Crippen LogP) is -0.216. The number of carboxylic acids is 1. The van der Waals surface area contributed by atoms with Gasteiger partial charge in [0, 0.05) is 6.54 Å². The van der Waals surface area contributed by atoms with Crippen molar-refractivity contribution in [3.8, 4) is 0 Å². The van der Waals surface area contributed by atoms with Gasteiger partial charge in [0.25, 0.3) is 0 Å². The largest absolute Gasteiger partial charge is 0.478 e. The molecule has 0 bridgehead atoms. The maximum Gasteiger partial charge on any atom is 0.418 e. The van der Waals surface area contributed by atoms with Crippen LogP contribution in [0.3, 0.4) is 0 Å². The normalized spacial score (nSPS) is 12.8. The first-order chi connectivity index (χ1) is 14.9. The van der Waals surface area contributed by atoms with Crippen molar-refractivity contribution in [1.82, 2.24) is 25.4 Å². The molecule has 1 atom stereocenters. The van der Waals surface area contributed by atoms with Crippen LogP contribution in [0.25, 0.3) is 11.2 Å². The fourth-order valence-corrected chi connectivity index (χ4v) is 2.87. The van der Waals surface area contributed by atoms with Crippen molar-refractivity contribution in [2.75, 3.05) is 18.1 Å². The Morgan fingerprint density at radius 3 is 2.74 bits per heavy atom. The minimum atomic E-state index is -2.12. The van der Waals surface area contributed by atoms with Crippen molar-refractivity contribution in [3.05, 3.63) is 12.5 Å². The van der Waals surface area contributed by atoms with E-state index in [1.807, 2.05) is 6.92 Å². The van der Waals surface area contributed by atoms with E-state index in [0.717, 1.165) is 17.7 Å². The van der Waals surface area contributed by atoms with Crippen LogP contribution < -0.4 is 27.6 Å². The zero-order chi connectivity index (χ0) is 22.9. The Morgan fingerprint density at radius 2 is 2.10 bits per heavy atom. The molecule has 0 saturated carbocycles. The number of carbonyl (C=O) groups excluding carboxylic acids is 1. The number of nitrogens with two attached hydrogens (primary N) is 3. The summed E-state index contributed by atoms with van der Waals surface area (Å²) in [5, 5.41) is 10.0. The lowest BCUT2D eigenvalue weighted by Crippen LogP contribution is -2.68. The summed E-state index contributed by atoms with van der Waals surface area (Å²) in [4.78, 5) is 45.1. The number of aromatic nitrogens is 4. The van der Waals surface area contributed by atoms with Crippen molar-refractivity contribution < 1.29 is 19.4 Å². The molecular weight excluding hydrogens is 408 g/mol. The smallest absolute Gasteiger partial charge is 0.418 e. The summed E-state index contributed by atoms with van der Waals surface area (Å²) in [5.74, 6) is 3.85. The monoisotopic (exact) mass is 436 g/mol. The zero-order valence-electron chi connectivity index (χ0n) is 17.2. The van der Waals surface area contributed by atoms with E-state index in [1.165, 1.54) is 12.5 Å². The molecule has 0 saturated heterocycles. The van der Waals surface area contributed by atoms with Gasteiger partial charge in [-0.2, -0.15) is 4.98 Å². The zero-order valence-corrected chi connectivity index (χ0v) is 17.2. The average molecular weight is 436 g/mol. The van der Waals surface area contributed by atoms with Gasteiger partial charge in [0.1, 0.15) is 5.52 Å². The molecule has 0 spiro atoms. The molecule has 0 aliphatic heterocycles. The summed E-state index contributed by atoms with van der Waals surface area (Å²) in [5.41, 5.74) is 11.5. The first kappa shape index (κ1) is 23.8. The lowest BCUT2D eigenvalue weighted by molar-refractivity contribution is -0.145. The van der Waals surface area contributed by atoms with E-state index < -0.39 is 17.7 Å². The number of fused-ring (bicyclic) bond motifs is 1. The Labute approximate surface area is 178 Å². The van der Waals surface area contributed by atoms with Crippen LogP contribution >= 0.6 is 0 Å². The maximum atomic E-state index is 13.0. The highest BCUT2D eigenvalue weighted by molar-refractivity contribution is 5.96. The third kappa shape index (κ3) is 5.76. The van der Waals surface area contributed by atoms with E-state index in [1.54, 1.807) is 0 Å². The van der Waals surface area contributed by atoms with Crippen LogP contribution in [-0.2, 0) is 9.53 Å². The first-order valence-corrected chi connectivity index (χ1v) is 9.75. The van der Waals surface area contributed by atoms with E-state index in [-0.39, 0.29) is 43.5 Å². The number of nitrogens with one attached hydrogen (secondary N) is 2. The molecule has 1 amide bonds. The average Bonchev–Trinajstić information content (AvgIpc) is 3.20. The Hall–Kier alpha value is -3.52. The second-order valence-corrected chi connectivity index (χ2v) is 6.69. The lowest BCUT2D eigenvalue weighted by atomic mass is 10.0. The number of anilines is 1. The van der Waals surface area contributed by atoms with Crippen LogP contribution in [-0.4, -0.2) is 61.9 Å². The van der Waals surface area contributed by atoms with Crippen LogP contribution in [0.1, 0.15) is 39.0 Å². The van der Waals surface area contributed by atoms with Gasteiger partial charge in [-0.15, -0.1) is 0 Å². The number of ether oxygens (including phenoxy) is 1. The molecule has 0 radical (unpaired) electrons. The summed E-state index contributed by atoms with van der Waals surface area (Å²) < 4.78 is 5.31. The second kappa shape index (κ2) is 11.0. The number of aliphatic carboxylic acids is 1. The van der Waals surface area contributed by atoms with Gasteiger partial charge in [-0.05, 0) is 19.3 Å². The van der Waals surface area contributed by atoms with Gasteiger partial charge in [-0.3, -0.25) is 10.8 Å². The third-order valence-electron chi connectivity index (χ3n) is 4.48. The number of unbranched alkanes of at least 4 members (excludes halogenated alkanes) is 2. The third-order valence-corrected chi connectivity index (χ3v) is 4.48. The minimum Gasteiger partial charge on any atom is -0.478 e. The van der Waals surface area contributed by atoms with Gasteiger partial charge in [0.05, 0.1) is 19.1 Å². The van der Waals surface area contributed by atoms with Crippen molar-refractivity contribution in [2.24, 2.45) is 22.3 Å². The van der Waals surface area contributed by atoms with Gasteiger partial charge < -0.3 is 26.3 Å². The highest BCUT2D eigenvalue weighted by Crippen LogP contribution is 2.26. The number of hydrogen-bond acceptors (Lipinski definition) is 9. The molecule has 31 heavy (non-hydrogen) atoms. The number of guanidine groups is 1. The Kier molecular flexibility index (Phi) is 8.45. The first-order valence-electron chi connectivity index (χ1n) is 9.75. The van der Waals surface area contributed by atoms with Gasteiger partial charge >= 0.3 is 12.1 Å². The molecule has 0 aliphatic rings. The van der Waals surface area contributed by atoms with Crippen molar-refractivity contribution in [3.63, 3.8) is 0 Å². The number of aliphatic imine (C=N–C) groups is 1. The summed E-state index contributed by atoms with van der Waals surface area (Å²) in [6.07, 6.45) is 4.22. The SMILES string of the molecule is CCCCCOC(=O)N(c1ncc2[nH]cnc2n1)[C@](CCCN=C(N)N)(NN)C(=O)O. The molecule has 2 heterocycles. The lowest BCUT2D eigenvalue weighted by Gasteiger charge is -2.37.